The molecular weight excluding hydrogens is 313 g/mol. The number of piperidine rings is 1. The summed E-state index contributed by atoms with van der Waals surface area (Å²) in [5.41, 5.74) is 0. The number of hydrogen-bond acceptors (Lipinski definition) is 4. The van der Waals surface area contributed by atoms with Crippen LogP contribution in [0.5, 0.6) is 0 Å². The van der Waals surface area contributed by atoms with Crippen molar-refractivity contribution in [2.24, 2.45) is 5.92 Å². The summed E-state index contributed by atoms with van der Waals surface area (Å²) in [5.74, 6) is 0.570. The van der Waals surface area contributed by atoms with Crippen LogP contribution in [0.25, 0.3) is 0 Å². The fraction of sp³-hybridized carbons (Fsp3) is 0.929. The zero-order valence-electron chi connectivity index (χ0n) is 12.9. The van der Waals surface area contributed by atoms with E-state index in [-0.39, 0.29) is 30.7 Å². The van der Waals surface area contributed by atoms with Gasteiger partial charge in [-0.25, -0.2) is 0 Å². The Kier molecular flexibility index (Phi) is 11.5. The number of amides is 1. The number of nitrogens with zero attached hydrogens (tertiary/aromatic N) is 2. The van der Waals surface area contributed by atoms with Crippen molar-refractivity contribution in [3.05, 3.63) is 0 Å². The first-order valence-electron chi connectivity index (χ1n) is 7.61. The Bertz CT molecular complexity index is 281. The minimum Gasteiger partial charge on any atom is -0.380 e. The highest BCUT2D eigenvalue weighted by atomic mass is 35.5. The Morgan fingerprint density at radius 2 is 1.95 bits per heavy atom. The van der Waals surface area contributed by atoms with Gasteiger partial charge in [0.15, 0.2) is 0 Å². The number of ether oxygens (including phenoxy) is 1. The van der Waals surface area contributed by atoms with E-state index in [2.05, 4.69) is 15.1 Å². The lowest BCUT2D eigenvalue weighted by atomic mass is 9.98. The third-order valence-corrected chi connectivity index (χ3v) is 4.09. The molecule has 0 aliphatic carbocycles. The average molecular weight is 342 g/mol. The van der Waals surface area contributed by atoms with Crippen molar-refractivity contribution in [3.8, 4) is 0 Å². The van der Waals surface area contributed by atoms with E-state index >= 15 is 0 Å². The van der Waals surface area contributed by atoms with Crippen molar-refractivity contribution < 1.29 is 9.53 Å². The molecule has 7 heteroatoms. The molecule has 1 unspecified atom stereocenters. The van der Waals surface area contributed by atoms with Gasteiger partial charge in [-0.1, -0.05) is 0 Å². The maximum absolute atomic E-state index is 12.4. The molecular formula is C14H29Cl2N3O2. The van der Waals surface area contributed by atoms with Gasteiger partial charge in [-0.05, 0) is 26.3 Å². The van der Waals surface area contributed by atoms with Crippen molar-refractivity contribution in [1.82, 2.24) is 15.1 Å². The molecule has 0 radical (unpaired) electrons. The molecule has 21 heavy (non-hydrogen) atoms. The quantitative estimate of drug-likeness (QED) is 0.758. The van der Waals surface area contributed by atoms with E-state index in [0.717, 1.165) is 71.9 Å². The average Bonchev–Trinajstić information content (AvgIpc) is 2.48. The molecule has 0 saturated carbocycles. The lowest BCUT2D eigenvalue weighted by Gasteiger charge is -2.37. The molecule has 0 aromatic rings. The highest BCUT2D eigenvalue weighted by Gasteiger charge is 2.28. The molecule has 2 fully saturated rings. The summed E-state index contributed by atoms with van der Waals surface area (Å²) in [7, 11) is 0. The van der Waals surface area contributed by atoms with Crippen molar-refractivity contribution in [2.75, 3.05) is 59.0 Å². The molecule has 0 aromatic carbocycles. The van der Waals surface area contributed by atoms with Gasteiger partial charge in [0.2, 0.25) is 5.91 Å². The topological polar surface area (TPSA) is 44.8 Å². The highest BCUT2D eigenvalue weighted by molar-refractivity contribution is 5.85. The maximum Gasteiger partial charge on any atom is 0.227 e. The second-order valence-corrected chi connectivity index (χ2v) is 5.41. The van der Waals surface area contributed by atoms with Gasteiger partial charge in [0.25, 0.3) is 0 Å². The number of piperazine rings is 1. The number of carbonyl (C=O) groups is 1. The summed E-state index contributed by atoms with van der Waals surface area (Å²) in [4.78, 5) is 16.8. The van der Waals surface area contributed by atoms with E-state index in [0.29, 0.717) is 5.91 Å². The lowest BCUT2D eigenvalue weighted by Crippen LogP contribution is -2.52. The number of nitrogens with one attached hydrogen (secondary N) is 1. The van der Waals surface area contributed by atoms with Crippen LogP contribution in [-0.2, 0) is 9.53 Å². The molecule has 5 nitrogen and oxygen atoms in total. The van der Waals surface area contributed by atoms with Gasteiger partial charge in [0.1, 0.15) is 0 Å². The first-order chi connectivity index (χ1) is 9.31. The number of carbonyl (C=O) groups excluding carboxylic acids is 1. The number of rotatable bonds is 5. The van der Waals surface area contributed by atoms with Crippen LogP contribution in [0.1, 0.15) is 19.8 Å². The fourth-order valence-electron chi connectivity index (χ4n) is 2.85. The van der Waals surface area contributed by atoms with Gasteiger partial charge in [0, 0.05) is 45.9 Å². The van der Waals surface area contributed by atoms with Crippen LogP contribution in [0.4, 0.5) is 0 Å². The molecule has 0 spiro atoms. The molecule has 1 N–H and O–H groups in total. The molecule has 2 saturated heterocycles. The third-order valence-electron chi connectivity index (χ3n) is 4.09. The first-order valence-corrected chi connectivity index (χ1v) is 7.61. The van der Waals surface area contributed by atoms with Gasteiger partial charge >= 0.3 is 0 Å². The molecule has 0 bridgehead atoms. The standard InChI is InChI=1S/C14H27N3O2.2ClH/c1-2-19-11-10-16-6-8-17(9-7-16)14(18)13-4-3-5-15-12-13;;/h13,15H,2-12H2,1H3;2*1H. The lowest BCUT2D eigenvalue weighted by molar-refractivity contribution is -0.137. The van der Waals surface area contributed by atoms with E-state index in [1.54, 1.807) is 0 Å². The highest BCUT2D eigenvalue weighted by Crippen LogP contribution is 2.14. The molecule has 126 valence electrons. The largest absolute Gasteiger partial charge is 0.380 e. The minimum absolute atomic E-state index is 0. The summed E-state index contributed by atoms with van der Waals surface area (Å²) in [5, 5.41) is 3.32. The van der Waals surface area contributed by atoms with E-state index in [4.69, 9.17) is 4.74 Å². The van der Waals surface area contributed by atoms with Crippen LogP contribution in [0.15, 0.2) is 0 Å². The second kappa shape index (κ2) is 11.5. The van der Waals surface area contributed by atoms with Crippen LogP contribution in [-0.4, -0.2) is 74.7 Å². The molecule has 2 aliphatic heterocycles. The minimum atomic E-state index is 0. The molecule has 0 aromatic heterocycles. The predicted molar refractivity (Wildman–Crippen MR) is 89.6 cm³/mol. The van der Waals surface area contributed by atoms with Crippen molar-refractivity contribution in [2.45, 2.75) is 19.8 Å². The van der Waals surface area contributed by atoms with Crippen molar-refractivity contribution in [1.29, 1.82) is 0 Å². The Balaban J connectivity index is 0.00000200. The second-order valence-electron chi connectivity index (χ2n) is 5.41. The Hall–Kier alpha value is -0.0700. The first kappa shape index (κ1) is 20.9. The molecule has 2 rings (SSSR count). The Morgan fingerprint density at radius 1 is 1.24 bits per heavy atom. The third kappa shape index (κ3) is 6.70. The molecule has 2 heterocycles. The monoisotopic (exact) mass is 341 g/mol. The normalized spacial score (nSPS) is 23.1. The summed E-state index contributed by atoms with van der Waals surface area (Å²) < 4.78 is 5.38. The van der Waals surface area contributed by atoms with Crippen LogP contribution in [0.3, 0.4) is 0 Å². The summed E-state index contributed by atoms with van der Waals surface area (Å²) in [6.45, 7) is 10.2. The zero-order valence-corrected chi connectivity index (χ0v) is 14.5. The predicted octanol–water partition coefficient (Wildman–Crippen LogP) is 1.01. The van der Waals surface area contributed by atoms with E-state index in [1.807, 2.05) is 6.92 Å². The SMILES string of the molecule is CCOCCN1CCN(C(=O)C2CCCNC2)CC1.Cl.Cl. The summed E-state index contributed by atoms with van der Waals surface area (Å²) >= 11 is 0. The Morgan fingerprint density at radius 3 is 2.52 bits per heavy atom. The zero-order chi connectivity index (χ0) is 13.5. The summed E-state index contributed by atoms with van der Waals surface area (Å²) in [6, 6.07) is 0. The van der Waals surface area contributed by atoms with Gasteiger partial charge in [0.05, 0.1) is 12.5 Å². The van der Waals surface area contributed by atoms with Crippen molar-refractivity contribution in [3.63, 3.8) is 0 Å². The van der Waals surface area contributed by atoms with Gasteiger partial charge in [-0.3, -0.25) is 9.69 Å². The van der Waals surface area contributed by atoms with Gasteiger partial charge in [-0.15, -0.1) is 24.8 Å². The van der Waals surface area contributed by atoms with E-state index in [1.165, 1.54) is 0 Å². The van der Waals surface area contributed by atoms with Crippen LogP contribution in [0.2, 0.25) is 0 Å². The van der Waals surface area contributed by atoms with E-state index in [9.17, 15) is 4.79 Å². The van der Waals surface area contributed by atoms with Crippen LogP contribution in [0, 0.1) is 5.92 Å². The van der Waals surface area contributed by atoms with Crippen LogP contribution < -0.4 is 5.32 Å². The van der Waals surface area contributed by atoms with E-state index < -0.39 is 0 Å². The number of halogens is 2. The maximum atomic E-state index is 12.4. The van der Waals surface area contributed by atoms with Gasteiger partial charge in [-0.2, -0.15) is 0 Å². The molecule has 1 atom stereocenters. The van der Waals surface area contributed by atoms with Crippen LogP contribution >= 0.6 is 24.8 Å². The summed E-state index contributed by atoms with van der Waals surface area (Å²) in [6.07, 6.45) is 2.18. The van der Waals surface area contributed by atoms with Crippen molar-refractivity contribution >= 4 is 30.7 Å². The molecule has 2 aliphatic rings. The smallest absolute Gasteiger partial charge is 0.227 e. The fourth-order valence-corrected chi connectivity index (χ4v) is 2.85. The Labute approximate surface area is 140 Å². The number of hydrogen-bond donors (Lipinski definition) is 1. The molecule has 1 amide bonds. The van der Waals surface area contributed by atoms with Gasteiger partial charge < -0.3 is 15.0 Å².